The van der Waals surface area contributed by atoms with E-state index in [-0.39, 0.29) is 24.5 Å². The van der Waals surface area contributed by atoms with Gasteiger partial charge in [0.2, 0.25) is 0 Å². The van der Waals surface area contributed by atoms with Crippen LogP contribution in [0.1, 0.15) is 31.8 Å². The van der Waals surface area contributed by atoms with Gasteiger partial charge in [-0.25, -0.2) is 18.0 Å². The van der Waals surface area contributed by atoms with Gasteiger partial charge in [0.25, 0.3) is 10.6 Å². The number of hydrogen-bond donors (Lipinski definition) is 1. The number of imidazole rings is 1. The number of nitrogens with zero attached hydrogens (tertiary/aromatic N) is 5. The SMILES string of the molecule is CCCc1nc(C)c2c(=O)[nH]c(-c3cc(S(=O)N4CC(O[N+](=O)[O-])C4)ccc3OCC)nn12. The molecular weight excluding hydrogens is 452 g/mol. The zero-order chi connectivity index (χ0) is 23.7. The van der Waals surface area contributed by atoms with E-state index in [0.717, 1.165) is 6.42 Å². The maximum absolute atomic E-state index is 13.0. The van der Waals surface area contributed by atoms with Crippen molar-refractivity contribution in [3.8, 4) is 17.1 Å². The van der Waals surface area contributed by atoms with Crippen LogP contribution in [-0.4, -0.2) is 59.0 Å². The summed E-state index contributed by atoms with van der Waals surface area (Å²) >= 11 is 0. The molecule has 1 fully saturated rings. The maximum Gasteiger partial charge on any atom is 0.294 e. The first-order valence-corrected chi connectivity index (χ1v) is 11.7. The van der Waals surface area contributed by atoms with Gasteiger partial charge in [-0.2, -0.15) is 0 Å². The highest BCUT2D eigenvalue weighted by molar-refractivity contribution is 7.82. The first kappa shape index (κ1) is 22.9. The summed E-state index contributed by atoms with van der Waals surface area (Å²) in [6.45, 7) is 6.36. The monoisotopic (exact) mass is 476 g/mol. The van der Waals surface area contributed by atoms with E-state index in [9.17, 15) is 19.1 Å². The average Bonchev–Trinajstić information content (AvgIpc) is 3.06. The fraction of sp³-hybridized carbons (Fsp3) is 0.450. The molecule has 1 unspecified atom stereocenters. The van der Waals surface area contributed by atoms with Crippen molar-refractivity contribution in [2.45, 2.75) is 44.6 Å². The van der Waals surface area contributed by atoms with Gasteiger partial charge in [-0.3, -0.25) is 4.79 Å². The third-order valence-corrected chi connectivity index (χ3v) is 6.63. The molecular formula is C20H24N6O6S. The Balaban J connectivity index is 1.73. The van der Waals surface area contributed by atoms with E-state index in [1.54, 1.807) is 33.9 Å². The number of fused-ring (bicyclic) bond motifs is 1. The van der Waals surface area contributed by atoms with Gasteiger partial charge in [0.15, 0.2) is 11.3 Å². The molecule has 13 heteroatoms. The summed E-state index contributed by atoms with van der Waals surface area (Å²) in [6, 6.07) is 4.98. The van der Waals surface area contributed by atoms with Crippen LogP contribution in [0.5, 0.6) is 5.75 Å². The molecule has 4 rings (SSSR count). The molecule has 1 atom stereocenters. The van der Waals surface area contributed by atoms with Crippen LogP contribution in [0, 0.1) is 17.0 Å². The zero-order valence-electron chi connectivity index (χ0n) is 18.4. The molecule has 3 aromatic rings. The molecule has 1 N–H and O–H groups in total. The maximum atomic E-state index is 13.0. The van der Waals surface area contributed by atoms with Crippen LogP contribution in [0.15, 0.2) is 27.9 Å². The van der Waals surface area contributed by atoms with Gasteiger partial charge in [-0.1, -0.05) is 6.92 Å². The molecule has 33 heavy (non-hydrogen) atoms. The van der Waals surface area contributed by atoms with Crippen LogP contribution in [0.4, 0.5) is 0 Å². The van der Waals surface area contributed by atoms with Crippen LogP contribution >= 0.6 is 0 Å². The number of aromatic amines is 1. The third-order valence-electron chi connectivity index (χ3n) is 5.21. The van der Waals surface area contributed by atoms with Crippen molar-refractivity contribution in [3.63, 3.8) is 0 Å². The summed E-state index contributed by atoms with van der Waals surface area (Å²) < 4.78 is 21.8. The van der Waals surface area contributed by atoms with Crippen LogP contribution < -0.4 is 10.3 Å². The van der Waals surface area contributed by atoms with Gasteiger partial charge in [0.1, 0.15) is 28.7 Å². The molecule has 1 saturated heterocycles. The number of H-pyrrole nitrogens is 1. The minimum absolute atomic E-state index is 0.172. The Bertz CT molecular complexity index is 1280. The van der Waals surface area contributed by atoms with Crippen molar-refractivity contribution in [2.24, 2.45) is 0 Å². The lowest BCUT2D eigenvalue weighted by Gasteiger charge is -2.35. The van der Waals surface area contributed by atoms with Crippen LogP contribution in [0.3, 0.4) is 0 Å². The topological polar surface area (TPSA) is 145 Å². The van der Waals surface area contributed by atoms with Gasteiger partial charge in [-0.15, -0.1) is 15.2 Å². The highest BCUT2D eigenvalue weighted by Crippen LogP contribution is 2.31. The lowest BCUT2D eigenvalue weighted by atomic mass is 10.2. The second-order valence-electron chi connectivity index (χ2n) is 7.56. The number of aryl methyl sites for hydroxylation is 2. The zero-order valence-corrected chi connectivity index (χ0v) is 19.3. The van der Waals surface area contributed by atoms with E-state index in [2.05, 4.69) is 19.9 Å². The molecule has 1 aromatic carbocycles. The van der Waals surface area contributed by atoms with Crippen LogP contribution in [0.25, 0.3) is 16.9 Å². The summed E-state index contributed by atoms with van der Waals surface area (Å²) in [7, 11) is -1.57. The van der Waals surface area contributed by atoms with Gasteiger partial charge in [-0.05, 0) is 38.5 Å². The van der Waals surface area contributed by atoms with Crippen LogP contribution in [0.2, 0.25) is 0 Å². The highest BCUT2D eigenvalue weighted by atomic mass is 32.2. The number of hydrogen-bond acceptors (Lipinski definition) is 8. The molecule has 1 aliphatic rings. The smallest absolute Gasteiger partial charge is 0.294 e. The molecule has 0 aliphatic carbocycles. The molecule has 2 aromatic heterocycles. The Morgan fingerprint density at radius 3 is 2.76 bits per heavy atom. The molecule has 0 spiro atoms. The first-order valence-electron chi connectivity index (χ1n) is 10.6. The Labute approximate surface area is 191 Å². The summed E-state index contributed by atoms with van der Waals surface area (Å²) in [5.74, 6) is 1.43. The normalized spacial score (nSPS) is 15.4. The Hall–Kier alpha value is -3.32. The molecule has 0 amide bonds. The molecule has 1 aliphatic heterocycles. The molecule has 0 radical (unpaired) electrons. The van der Waals surface area contributed by atoms with Crippen molar-refractivity contribution < 1.29 is 18.9 Å². The minimum Gasteiger partial charge on any atom is -0.493 e. The van der Waals surface area contributed by atoms with Crippen molar-refractivity contribution in [1.29, 1.82) is 0 Å². The summed E-state index contributed by atoms with van der Waals surface area (Å²) in [5.41, 5.74) is 1.14. The summed E-state index contributed by atoms with van der Waals surface area (Å²) in [6.07, 6.45) is 0.904. The van der Waals surface area contributed by atoms with E-state index in [0.29, 0.717) is 46.3 Å². The number of benzene rings is 1. The average molecular weight is 477 g/mol. The largest absolute Gasteiger partial charge is 0.493 e. The minimum atomic E-state index is -1.57. The van der Waals surface area contributed by atoms with Crippen LogP contribution in [-0.2, 0) is 22.2 Å². The second kappa shape index (κ2) is 9.27. The van der Waals surface area contributed by atoms with E-state index < -0.39 is 22.2 Å². The molecule has 176 valence electrons. The van der Waals surface area contributed by atoms with Gasteiger partial charge in [0.05, 0.1) is 22.8 Å². The molecule has 0 bridgehead atoms. The molecule has 0 saturated carbocycles. The van der Waals surface area contributed by atoms with E-state index >= 15 is 0 Å². The second-order valence-corrected chi connectivity index (χ2v) is 9.05. The lowest BCUT2D eigenvalue weighted by Crippen LogP contribution is -2.53. The summed E-state index contributed by atoms with van der Waals surface area (Å²) in [5, 5.41) is 14.2. The van der Waals surface area contributed by atoms with Crippen molar-refractivity contribution in [1.82, 2.24) is 23.9 Å². The highest BCUT2D eigenvalue weighted by Gasteiger charge is 2.34. The molecule has 12 nitrogen and oxygen atoms in total. The van der Waals surface area contributed by atoms with E-state index in [4.69, 9.17) is 4.74 Å². The van der Waals surface area contributed by atoms with Crippen molar-refractivity contribution in [2.75, 3.05) is 19.7 Å². The van der Waals surface area contributed by atoms with Gasteiger partial charge < -0.3 is 14.6 Å². The van der Waals surface area contributed by atoms with Crippen molar-refractivity contribution in [3.05, 3.63) is 50.2 Å². The predicted molar refractivity (Wildman–Crippen MR) is 119 cm³/mol. The van der Waals surface area contributed by atoms with Gasteiger partial charge >= 0.3 is 0 Å². The number of aromatic nitrogens is 4. The summed E-state index contributed by atoms with van der Waals surface area (Å²) in [4.78, 5) is 35.6. The van der Waals surface area contributed by atoms with E-state index in [1.807, 2.05) is 13.8 Å². The standard InChI is InChI=1S/C20H24N6O6S/c1-4-6-17-21-12(3)18-20(27)22-19(23-25(17)18)15-9-14(7-8-16(15)31-5-2)33(30)24-10-13(11-24)32-26(28)29/h7-9,13H,4-6,10-11H2,1-3H3,(H,22,23,27). The molecule has 3 heterocycles. The Morgan fingerprint density at radius 2 is 2.09 bits per heavy atom. The van der Waals surface area contributed by atoms with E-state index in [1.165, 1.54) is 0 Å². The van der Waals surface area contributed by atoms with Crippen molar-refractivity contribution >= 4 is 16.5 Å². The predicted octanol–water partition coefficient (Wildman–Crippen LogP) is 1.66. The fourth-order valence-electron chi connectivity index (χ4n) is 3.70. The number of nitrogens with one attached hydrogen (secondary N) is 1. The number of ether oxygens (including phenoxy) is 1. The fourth-order valence-corrected chi connectivity index (χ4v) is 5.01. The number of rotatable bonds is 9. The Kier molecular flexibility index (Phi) is 6.42. The lowest BCUT2D eigenvalue weighted by molar-refractivity contribution is -0.771. The quantitative estimate of drug-likeness (QED) is 0.363. The Morgan fingerprint density at radius 1 is 1.33 bits per heavy atom. The van der Waals surface area contributed by atoms with Gasteiger partial charge in [0, 0.05) is 19.5 Å². The third kappa shape index (κ3) is 4.46. The first-order chi connectivity index (χ1) is 15.8.